The maximum absolute atomic E-state index is 12.1. The quantitative estimate of drug-likeness (QED) is 0.763. The maximum atomic E-state index is 12.1. The molecule has 1 unspecified atom stereocenters. The van der Waals surface area contributed by atoms with E-state index in [1.807, 2.05) is 36.7 Å². The molecule has 7 heteroatoms. The average Bonchev–Trinajstić information content (AvgIpc) is 2.85. The zero-order valence-electron chi connectivity index (χ0n) is 12.7. The third-order valence-corrected chi connectivity index (χ3v) is 4.91. The standard InChI is InChI=1S/C15H20N4OS2/c1-11(22-10-12-6-4-3-5-7-12)14(20)16-9-8-13-17-18-15(21)19(13)2/h3-7,11H,8-10H2,1-2H3,(H,16,20)(H,18,21). The molecule has 1 aromatic heterocycles. The molecule has 1 heterocycles. The number of aromatic amines is 1. The summed E-state index contributed by atoms with van der Waals surface area (Å²) < 4.78 is 2.41. The first kappa shape index (κ1) is 16.8. The predicted octanol–water partition coefficient (Wildman–Crippen LogP) is 2.46. The molecule has 0 radical (unpaired) electrons. The predicted molar refractivity (Wildman–Crippen MR) is 92.3 cm³/mol. The third-order valence-electron chi connectivity index (χ3n) is 3.33. The van der Waals surface area contributed by atoms with E-state index in [-0.39, 0.29) is 11.2 Å². The van der Waals surface area contributed by atoms with E-state index in [1.165, 1.54) is 5.56 Å². The number of rotatable bonds is 7. The molecule has 0 spiro atoms. The molecule has 2 N–H and O–H groups in total. The number of hydrogen-bond donors (Lipinski definition) is 2. The van der Waals surface area contributed by atoms with Crippen LogP contribution in [-0.2, 0) is 24.0 Å². The highest BCUT2D eigenvalue weighted by atomic mass is 32.2. The summed E-state index contributed by atoms with van der Waals surface area (Å²) in [5.41, 5.74) is 1.23. The number of amides is 1. The van der Waals surface area contributed by atoms with Crippen molar-refractivity contribution in [2.45, 2.75) is 24.3 Å². The van der Waals surface area contributed by atoms with Gasteiger partial charge in [-0.25, -0.2) is 0 Å². The van der Waals surface area contributed by atoms with Crippen LogP contribution in [0.2, 0.25) is 0 Å². The van der Waals surface area contributed by atoms with Crippen LogP contribution in [0, 0.1) is 4.77 Å². The van der Waals surface area contributed by atoms with Gasteiger partial charge in [0.05, 0.1) is 5.25 Å². The van der Waals surface area contributed by atoms with E-state index in [4.69, 9.17) is 12.2 Å². The summed E-state index contributed by atoms with van der Waals surface area (Å²) in [4.78, 5) is 12.1. The highest BCUT2D eigenvalue weighted by molar-refractivity contribution is 7.99. The van der Waals surface area contributed by atoms with E-state index < -0.39 is 0 Å². The Kier molecular flexibility index (Phi) is 6.21. The Morgan fingerprint density at radius 1 is 1.45 bits per heavy atom. The van der Waals surface area contributed by atoms with Crippen LogP contribution in [0.5, 0.6) is 0 Å². The first-order valence-electron chi connectivity index (χ1n) is 7.11. The molecule has 0 saturated heterocycles. The molecule has 0 fully saturated rings. The first-order chi connectivity index (χ1) is 10.6. The topological polar surface area (TPSA) is 62.7 Å². The van der Waals surface area contributed by atoms with Crippen molar-refractivity contribution in [1.82, 2.24) is 20.1 Å². The minimum absolute atomic E-state index is 0.0534. The van der Waals surface area contributed by atoms with Crippen LogP contribution >= 0.6 is 24.0 Å². The van der Waals surface area contributed by atoms with Crippen LogP contribution in [-0.4, -0.2) is 32.5 Å². The molecule has 0 bridgehead atoms. The van der Waals surface area contributed by atoms with E-state index >= 15 is 0 Å². The summed E-state index contributed by atoms with van der Waals surface area (Å²) in [6.07, 6.45) is 0.658. The number of thioether (sulfide) groups is 1. The van der Waals surface area contributed by atoms with Gasteiger partial charge in [-0.15, -0.1) is 11.8 Å². The van der Waals surface area contributed by atoms with Crippen LogP contribution in [0.4, 0.5) is 0 Å². The molecule has 0 aliphatic carbocycles. The van der Waals surface area contributed by atoms with Crippen LogP contribution < -0.4 is 5.32 Å². The van der Waals surface area contributed by atoms with E-state index in [1.54, 1.807) is 11.8 Å². The number of carbonyl (C=O) groups is 1. The van der Waals surface area contributed by atoms with Crippen molar-refractivity contribution >= 4 is 29.9 Å². The SMILES string of the molecule is CC(SCc1ccccc1)C(=O)NCCc1n[nH]c(=S)n1C. The normalized spacial score (nSPS) is 12.1. The minimum Gasteiger partial charge on any atom is -0.355 e. The minimum atomic E-state index is -0.0809. The zero-order chi connectivity index (χ0) is 15.9. The molecule has 0 aliphatic rings. The molecule has 1 atom stereocenters. The van der Waals surface area contributed by atoms with Gasteiger partial charge >= 0.3 is 0 Å². The average molecular weight is 336 g/mol. The Morgan fingerprint density at radius 2 is 2.18 bits per heavy atom. The monoisotopic (exact) mass is 336 g/mol. The van der Waals surface area contributed by atoms with Gasteiger partial charge in [-0.3, -0.25) is 9.89 Å². The summed E-state index contributed by atoms with van der Waals surface area (Å²) in [7, 11) is 1.86. The molecular weight excluding hydrogens is 316 g/mol. The largest absolute Gasteiger partial charge is 0.355 e. The van der Waals surface area contributed by atoms with Gasteiger partial charge in [0, 0.05) is 25.8 Å². The van der Waals surface area contributed by atoms with Crippen LogP contribution in [0.15, 0.2) is 30.3 Å². The maximum Gasteiger partial charge on any atom is 0.232 e. The van der Waals surface area contributed by atoms with Crippen molar-refractivity contribution in [1.29, 1.82) is 0 Å². The van der Waals surface area contributed by atoms with Crippen molar-refractivity contribution in [3.8, 4) is 0 Å². The number of H-pyrrole nitrogens is 1. The number of benzene rings is 1. The number of nitrogens with one attached hydrogen (secondary N) is 2. The second-order valence-electron chi connectivity index (χ2n) is 4.98. The van der Waals surface area contributed by atoms with Gasteiger partial charge in [0.15, 0.2) is 4.77 Å². The van der Waals surface area contributed by atoms with Gasteiger partial charge in [0.2, 0.25) is 5.91 Å². The lowest BCUT2D eigenvalue weighted by Crippen LogP contribution is -2.32. The van der Waals surface area contributed by atoms with Gasteiger partial charge in [0.25, 0.3) is 0 Å². The number of carbonyl (C=O) groups excluding carboxylic acids is 1. The summed E-state index contributed by atoms with van der Waals surface area (Å²) in [5, 5.41) is 9.72. The van der Waals surface area contributed by atoms with Gasteiger partial charge in [-0.2, -0.15) is 5.10 Å². The zero-order valence-corrected chi connectivity index (χ0v) is 14.3. The Hall–Kier alpha value is -1.60. The Labute approximate surface area is 139 Å². The fraction of sp³-hybridized carbons (Fsp3) is 0.400. The van der Waals surface area contributed by atoms with Crippen molar-refractivity contribution in [3.05, 3.63) is 46.5 Å². The van der Waals surface area contributed by atoms with Crippen molar-refractivity contribution < 1.29 is 4.79 Å². The molecule has 1 aromatic carbocycles. The van der Waals surface area contributed by atoms with Crippen LogP contribution in [0.25, 0.3) is 0 Å². The van der Waals surface area contributed by atoms with Gasteiger partial charge in [-0.05, 0) is 24.7 Å². The number of nitrogens with zero attached hydrogens (tertiary/aromatic N) is 2. The van der Waals surface area contributed by atoms with E-state index in [0.717, 1.165) is 11.6 Å². The summed E-state index contributed by atoms with van der Waals surface area (Å²) in [5.74, 6) is 1.73. The lowest BCUT2D eigenvalue weighted by molar-refractivity contribution is -0.120. The second kappa shape index (κ2) is 8.14. The highest BCUT2D eigenvalue weighted by Crippen LogP contribution is 2.17. The number of aromatic nitrogens is 3. The molecule has 2 aromatic rings. The second-order valence-corrected chi connectivity index (χ2v) is 6.70. The molecule has 1 amide bonds. The van der Waals surface area contributed by atoms with E-state index in [2.05, 4.69) is 27.6 Å². The molecule has 118 valence electrons. The van der Waals surface area contributed by atoms with Crippen LogP contribution in [0.1, 0.15) is 18.3 Å². The van der Waals surface area contributed by atoms with Gasteiger partial charge < -0.3 is 9.88 Å². The smallest absolute Gasteiger partial charge is 0.232 e. The third kappa shape index (κ3) is 4.71. The van der Waals surface area contributed by atoms with Crippen molar-refractivity contribution in [3.63, 3.8) is 0 Å². The Balaban J connectivity index is 1.72. The fourth-order valence-electron chi connectivity index (χ4n) is 1.92. The molecule has 22 heavy (non-hydrogen) atoms. The summed E-state index contributed by atoms with van der Waals surface area (Å²) in [6, 6.07) is 10.2. The lowest BCUT2D eigenvalue weighted by Gasteiger charge is -2.11. The van der Waals surface area contributed by atoms with E-state index in [9.17, 15) is 4.79 Å². The van der Waals surface area contributed by atoms with Gasteiger partial charge in [-0.1, -0.05) is 30.3 Å². The molecular formula is C15H20N4OS2. The summed E-state index contributed by atoms with van der Waals surface area (Å²) >= 11 is 6.69. The van der Waals surface area contributed by atoms with Crippen molar-refractivity contribution in [2.24, 2.45) is 7.05 Å². The Bertz CT molecular complexity index is 666. The Morgan fingerprint density at radius 3 is 2.82 bits per heavy atom. The fourth-order valence-corrected chi connectivity index (χ4v) is 2.94. The lowest BCUT2D eigenvalue weighted by atomic mass is 10.2. The highest BCUT2D eigenvalue weighted by Gasteiger charge is 2.13. The van der Waals surface area contributed by atoms with Crippen LogP contribution in [0.3, 0.4) is 0 Å². The van der Waals surface area contributed by atoms with E-state index in [0.29, 0.717) is 17.7 Å². The molecule has 0 saturated carbocycles. The molecule has 2 rings (SSSR count). The summed E-state index contributed by atoms with van der Waals surface area (Å²) in [6.45, 7) is 2.49. The number of hydrogen-bond acceptors (Lipinski definition) is 4. The first-order valence-corrected chi connectivity index (χ1v) is 8.57. The molecule has 0 aliphatic heterocycles. The van der Waals surface area contributed by atoms with Gasteiger partial charge in [0.1, 0.15) is 5.82 Å². The molecule has 5 nitrogen and oxygen atoms in total. The van der Waals surface area contributed by atoms with Crippen molar-refractivity contribution in [2.75, 3.05) is 6.54 Å².